The predicted molar refractivity (Wildman–Crippen MR) is 88.3 cm³/mol. The van der Waals surface area contributed by atoms with Crippen molar-refractivity contribution >= 4 is 23.3 Å². The minimum atomic E-state index is -4.40. The van der Waals surface area contributed by atoms with E-state index in [1.165, 1.54) is 19.2 Å². The summed E-state index contributed by atoms with van der Waals surface area (Å²) >= 11 is 0. The zero-order valence-electron chi connectivity index (χ0n) is 13.3. The van der Waals surface area contributed by atoms with Gasteiger partial charge in [0.1, 0.15) is 0 Å². The van der Waals surface area contributed by atoms with Crippen molar-refractivity contribution in [2.45, 2.75) is 12.6 Å². The van der Waals surface area contributed by atoms with Crippen LogP contribution in [0, 0.1) is 0 Å². The van der Waals surface area contributed by atoms with Crippen molar-refractivity contribution in [3.63, 3.8) is 0 Å². The topological polar surface area (TPSA) is 70.2 Å². The molecule has 132 valence electrons. The number of hydrogen-bond donors (Lipinski definition) is 3. The summed E-state index contributed by atoms with van der Waals surface area (Å²) in [5.74, 6) is -0.378. The molecule has 0 heterocycles. The molecule has 0 saturated heterocycles. The molecule has 0 aliphatic rings. The van der Waals surface area contributed by atoms with Gasteiger partial charge in [0.2, 0.25) is 5.91 Å². The lowest BCUT2D eigenvalue weighted by molar-refractivity contribution is -0.137. The highest BCUT2D eigenvalue weighted by molar-refractivity contribution is 5.94. The number of rotatable bonds is 4. The summed E-state index contributed by atoms with van der Waals surface area (Å²) in [7, 11) is 1.48. The van der Waals surface area contributed by atoms with E-state index < -0.39 is 17.8 Å². The molecular formula is C17H16F3N3O2. The van der Waals surface area contributed by atoms with E-state index in [9.17, 15) is 22.8 Å². The van der Waals surface area contributed by atoms with Gasteiger partial charge in [-0.15, -0.1) is 0 Å². The Hall–Kier alpha value is -3.03. The third-order valence-corrected chi connectivity index (χ3v) is 3.28. The zero-order chi connectivity index (χ0) is 18.4. The summed E-state index contributed by atoms with van der Waals surface area (Å²) in [5, 5.41) is 7.61. The van der Waals surface area contributed by atoms with Gasteiger partial charge in [0.05, 0.1) is 12.0 Å². The van der Waals surface area contributed by atoms with E-state index in [1.807, 2.05) is 0 Å². The number of anilines is 2. The molecule has 0 bridgehead atoms. The van der Waals surface area contributed by atoms with E-state index >= 15 is 0 Å². The molecule has 0 spiro atoms. The number of hydrogen-bond acceptors (Lipinski definition) is 2. The van der Waals surface area contributed by atoms with Crippen LogP contribution in [0.15, 0.2) is 48.5 Å². The van der Waals surface area contributed by atoms with Gasteiger partial charge in [0, 0.05) is 18.4 Å². The van der Waals surface area contributed by atoms with Crippen LogP contribution in [0.4, 0.5) is 29.3 Å². The Labute approximate surface area is 142 Å². The number of benzene rings is 2. The number of nitrogens with one attached hydrogen (secondary N) is 3. The maximum atomic E-state index is 12.5. The van der Waals surface area contributed by atoms with Crippen molar-refractivity contribution in [3.05, 3.63) is 59.7 Å². The van der Waals surface area contributed by atoms with Crippen LogP contribution >= 0.6 is 0 Å². The highest BCUT2D eigenvalue weighted by atomic mass is 19.4. The average molecular weight is 351 g/mol. The molecule has 0 fully saturated rings. The van der Waals surface area contributed by atoms with E-state index in [0.29, 0.717) is 16.9 Å². The lowest BCUT2D eigenvalue weighted by Crippen LogP contribution is -2.24. The molecule has 3 amide bonds. The number of halogens is 3. The Morgan fingerprint density at radius 1 is 0.960 bits per heavy atom. The van der Waals surface area contributed by atoms with Gasteiger partial charge in [0.25, 0.3) is 0 Å². The summed E-state index contributed by atoms with van der Waals surface area (Å²) in [6.07, 6.45) is -4.47. The summed E-state index contributed by atoms with van der Waals surface area (Å²) in [6, 6.07) is 10.5. The van der Waals surface area contributed by atoms with Gasteiger partial charge in [0.15, 0.2) is 0 Å². The predicted octanol–water partition coefficient (Wildman–Crippen LogP) is 3.64. The molecule has 2 aromatic carbocycles. The van der Waals surface area contributed by atoms with Gasteiger partial charge in [-0.1, -0.05) is 18.2 Å². The highest BCUT2D eigenvalue weighted by Gasteiger charge is 2.29. The largest absolute Gasteiger partial charge is 0.416 e. The monoisotopic (exact) mass is 351 g/mol. The van der Waals surface area contributed by atoms with E-state index in [4.69, 9.17) is 0 Å². The second-order valence-electron chi connectivity index (χ2n) is 5.20. The van der Waals surface area contributed by atoms with Crippen LogP contribution in [-0.4, -0.2) is 19.0 Å². The first-order valence-corrected chi connectivity index (χ1v) is 7.33. The molecule has 5 nitrogen and oxygen atoms in total. The van der Waals surface area contributed by atoms with Crippen molar-refractivity contribution in [2.24, 2.45) is 0 Å². The SMILES string of the molecule is CNC(=O)Nc1cccc(NC(=O)Cc2ccc(C(F)(F)F)cc2)c1. The van der Waals surface area contributed by atoms with Gasteiger partial charge in [-0.3, -0.25) is 4.79 Å². The maximum Gasteiger partial charge on any atom is 0.416 e. The van der Waals surface area contributed by atoms with E-state index in [1.54, 1.807) is 24.3 Å². The molecule has 3 N–H and O–H groups in total. The molecule has 0 unspecified atom stereocenters. The molecule has 0 atom stereocenters. The lowest BCUT2D eigenvalue weighted by Gasteiger charge is -2.09. The first-order valence-electron chi connectivity index (χ1n) is 7.33. The number of alkyl halides is 3. The quantitative estimate of drug-likeness (QED) is 0.787. The van der Waals surface area contributed by atoms with Crippen LogP contribution in [0.3, 0.4) is 0 Å². The Morgan fingerprint density at radius 3 is 2.12 bits per heavy atom. The van der Waals surface area contributed by atoms with Crippen LogP contribution in [0.25, 0.3) is 0 Å². The molecule has 8 heteroatoms. The first-order chi connectivity index (χ1) is 11.8. The highest BCUT2D eigenvalue weighted by Crippen LogP contribution is 2.29. The Morgan fingerprint density at radius 2 is 1.56 bits per heavy atom. The fraction of sp³-hybridized carbons (Fsp3) is 0.176. The van der Waals surface area contributed by atoms with Crippen molar-refractivity contribution in [2.75, 3.05) is 17.7 Å². The summed E-state index contributed by atoms with van der Waals surface area (Å²) in [5.41, 5.74) is 0.660. The second kappa shape index (κ2) is 7.69. The van der Waals surface area contributed by atoms with Crippen molar-refractivity contribution in [3.8, 4) is 0 Å². The summed E-state index contributed by atoms with van der Waals surface area (Å²) in [6.45, 7) is 0. The van der Waals surface area contributed by atoms with Crippen LogP contribution in [0.2, 0.25) is 0 Å². The molecule has 0 aliphatic carbocycles. The van der Waals surface area contributed by atoms with Gasteiger partial charge in [-0.2, -0.15) is 13.2 Å². The average Bonchev–Trinajstić information content (AvgIpc) is 2.54. The molecule has 25 heavy (non-hydrogen) atoms. The van der Waals surface area contributed by atoms with Gasteiger partial charge < -0.3 is 16.0 Å². The number of carbonyl (C=O) groups is 2. The first kappa shape index (κ1) is 18.3. The van der Waals surface area contributed by atoms with Crippen LogP contribution in [0.1, 0.15) is 11.1 Å². The van der Waals surface area contributed by atoms with Crippen LogP contribution < -0.4 is 16.0 Å². The van der Waals surface area contributed by atoms with Crippen LogP contribution in [-0.2, 0) is 17.4 Å². The lowest BCUT2D eigenvalue weighted by atomic mass is 10.1. The number of carbonyl (C=O) groups excluding carboxylic acids is 2. The molecular weight excluding hydrogens is 335 g/mol. The van der Waals surface area contributed by atoms with E-state index in [0.717, 1.165) is 12.1 Å². The fourth-order valence-electron chi connectivity index (χ4n) is 2.07. The Balaban J connectivity index is 1.98. The molecule has 0 radical (unpaired) electrons. The molecule has 0 saturated carbocycles. The van der Waals surface area contributed by atoms with E-state index in [-0.39, 0.29) is 12.3 Å². The Kier molecular flexibility index (Phi) is 5.63. The minimum absolute atomic E-state index is 0.0642. The van der Waals surface area contributed by atoms with Gasteiger partial charge in [-0.05, 0) is 35.9 Å². The third kappa shape index (κ3) is 5.52. The summed E-state index contributed by atoms with van der Waals surface area (Å²) < 4.78 is 37.5. The third-order valence-electron chi connectivity index (χ3n) is 3.28. The molecule has 0 aromatic heterocycles. The normalized spacial score (nSPS) is 10.9. The summed E-state index contributed by atoms with van der Waals surface area (Å²) in [4.78, 5) is 23.3. The standard InChI is InChI=1S/C17H16F3N3O2/c1-21-16(25)23-14-4-2-3-13(10-14)22-15(24)9-11-5-7-12(8-6-11)17(18,19)20/h2-8,10H,9H2,1H3,(H,22,24)(H2,21,23,25). The van der Waals surface area contributed by atoms with Crippen LogP contribution in [0.5, 0.6) is 0 Å². The maximum absolute atomic E-state index is 12.5. The second-order valence-corrected chi connectivity index (χ2v) is 5.20. The molecule has 2 rings (SSSR count). The van der Waals surface area contributed by atoms with Crippen molar-refractivity contribution in [1.29, 1.82) is 0 Å². The smallest absolute Gasteiger partial charge is 0.341 e. The minimum Gasteiger partial charge on any atom is -0.341 e. The molecule has 2 aromatic rings. The number of amides is 3. The zero-order valence-corrected chi connectivity index (χ0v) is 13.3. The van der Waals surface area contributed by atoms with Gasteiger partial charge >= 0.3 is 12.2 Å². The van der Waals surface area contributed by atoms with Crippen molar-refractivity contribution < 1.29 is 22.8 Å². The molecule has 0 aliphatic heterocycles. The number of urea groups is 1. The van der Waals surface area contributed by atoms with Crippen molar-refractivity contribution in [1.82, 2.24) is 5.32 Å². The Bertz CT molecular complexity index is 758. The van der Waals surface area contributed by atoms with Gasteiger partial charge in [-0.25, -0.2) is 4.79 Å². The fourth-order valence-corrected chi connectivity index (χ4v) is 2.07. The van der Waals surface area contributed by atoms with E-state index in [2.05, 4.69) is 16.0 Å².